The Morgan fingerprint density at radius 1 is 1.20 bits per heavy atom. The fourth-order valence-electron chi connectivity index (χ4n) is 3.08. The molecule has 2 heterocycles. The molecule has 1 aromatic heterocycles. The topological polar surface area (TPSA) is 80.9 Å². The molecule has 136 valence electrons. The highest BCUT2D eigenvalue weighted by molar-refractivity contribution is 5.51. The molecule has 1 aliphatic heterocycles. The molecule has 0 bridgehead atoms. The molecule has 1 N–H and O–H groups in total. The van der Waals surface area contributed by atoms with Gasteiger partial charge in [0.05, 0.1) is 26.9 Å². The van der Waals surface area contributed by atoms with E-state index < -0.39 is 6.10 Å². The molecule has 0 radical (unpaired) electrons. The van der Waals surface area contributed by atoms with E-state index in [9.17, 15) is 5.11 Å². The Labute approximate surface area is 147 Å². The van der Waals surface area contributed by atoms with E-state index in [2.05, 4.69) is 15.1 Å². The van der Waals surface area contributed by atoms with Gasteiger partial charge in [0.1, 0.15) is 11.5 Å². The third-order valence-corrected chi connectivity index (χ3v) is 4.33. The minimum atomic E-state index is -0.668. The maximum absolute atomic E-state index is 10.6. The van der Waals surface area contributed by atoms with Crippen molar-refractivity contribution in [3.63, 3.8) is 0 Å². The number of β-amino-alcohol motifs (C(OH)–C–C–N with tert-alkyl or cyclic N) is 1. The highest BCUT2D eigenvalue weighted by Crippen LogP contribution is 2.39. The van der Waals surface area contributed by atoms with Crippen molar-refractivity contribution in [3.8, 4) is 11.5 Å². The zero-order valence-corrected chi connectivity index (χ0v) is 15.4. The summed E-state index contributed by atoms with van der Waals surface area (Å²) >= 11 is 0. The molecule has 7 nitrogen and oxygen atoms in total. The molecule has 1 atom stereocenters. The molecule has 25 heavy (non-hydrogen) atoms. The van der Waals surface area contributed by atoms with Crippen LogP contribution in [0.15, 0.2) is 16.5 Å². The Kier molecular flexibility index (Phi) is 4.71. The van der Waals surface area contributed by atoms with Gasteiger partial charge in [0.25, 0.3) is 0 Å². The molecule has 0 unspecified atom stereocenters. The highest BCUT2D eigenvalue weighted by Gasteiger charge is 2.31. The van der Waals surface area contributed by atoms with Crippen LogP contribution in [0.2, 0.25) is 0 Å². The summed E-state index contributed by atoms with van der Waals surface area (Å²) in [6.45, 7) is 7.64. The van der Waals surface area contributed by atoms with E-state index in [1.807, 2.05) is 32.9 Å². The first kappa shape index (κ1) is 17.7. The lowest BCUT2D eigenvalue weighted by Crippen LogP contribution is -2.33. The van der Waals surface area contributed by atoms with Gasteiger partial charge < -0.3 is 19.0 Å². The van der Waals surface area contributed by atoms with Gasteiger partial charge in [-0.3, -0.25) is 4.90 Å². The van der Waals surface area contributed by atoms with Crippen LogP contribution in [0.4, 0.5) is 0 Å². The van der Waals surface area contributed by atoms with Crippen molar-refractivity contribution in [2.75, 3.05) is 20.8 Å². The predicted molar refractivity (Wildman–Crippen MR) is 91.6 cm³/mol. The molecular formula is C18H25N3O4. The number of benzene rings is 1. The number of methoxy groups -OCH3 is 2. The van der Waals surface area contributed by atoms with E-state index in [0.29, 0.717) is 37.2 Å². The van der Waals surface area contributed by atoms with Gasteiger partial charge in [0.2, 0.25) is 11.8 Å². The van der Waals surface area contributed by atoms with Gasteiger partial charge in [-0.05, 0) is 12.1 Å². The molecule has 0 spiro atoms. The standard InChI is InChI=1S/C18H25N3O4/c1-18(2,3)17-20-19-15(25-17)10-21-8-11-13(23-4)6-7-14(24-5)16(11)12(22)9-21/h6-7,12,22H,8-10H2,1-5H3/t12-/m0/s1. The summed E-state index contributed by atoms with van der Waals surface area (Å²) in [6, 6.07) is 3.68. The first-order chi connectivity index (χ1) is 11.8. The molecular weight excluding hydrogens is 322 g/mol. The van der Waals surface area contributed by atoms with Crippen molar-refractivity contribution in [1.29, 1.82) is 0 Å². The largest absolute Gasteiger partial charge is 0.496 e. The minimum absolute atomic E-state index is 0.185. The lowest BCUT2D eigenvalue weighted by Gasteiger charge is -2.33. The molecule has 3 rings (SSSR count). The fraction of sp³-hybridized carbons (Fsp3) is 0.556. The number of aliphatic hydroxyl groups excluding tert-OH is 1. The van der Waals surface area contributed by atoms with Crippen molar-refractivity contribution in [2.24, 2.45) is 0 Å². The first-order valence-electron chi connectivity index (χ1n) is 8.30. The molecule has 0 amide bonds. The molecule has 1 aromatic carbocycles. The molecule has 0 saturated heterocycles. The third-order valence-electron chi connectivity index (χ3n) is 4.33. The summed E-state index contributed by atoms with van der Waals surface area (Å²) in [5, 5.41) is 18.9. The third kappa shape index (κ3) is 3.48. The summed E-state index contributed by atoms with van der Waals surface area (Å²) in [4.78, 5) is 2.06. The summed E-state index contributed by atoms with van der Waals surface area (Å²) in [5.41, 5.74) is 1.53. The van der Waals surface area contributed by atoms with Gasteiger partial charge in [-0.1, -0.05) is 20.8 Å². The zero-order chi connectivity index (χ0) is 18.2. The van der Waals surface area contributed by atoms with E-state index in [0.717, 1.165) is 16.9 Å². The maximum atomic E-state index is 10.6. The lowest BCUT2D eigenvalue weighted by atomic mass is 9.95. The quantitative estimate of drug-likeness (QED) is 0.909. The second-order valence-electron chi connectivity index (χ2n) is 7.30. The fourth-order valence-corrected chi connectivity index (χ4v) is 3.08. The number of ether oxygens (including phenoxy) is 2. The van der Waals surface area contributed by atoms with Crippen LogP contribution in [-0.4, -0.2) is 41.0 Å². The Morgan fingerprint density at radius 3 is 2.48 bits per heavy atom. The number of nitrogens with zero attached hydrogens (tertiary/aromatic N) is 3. The van der Waals surface area contributed by atoms with Crippen molar-refractivity contribution in [2.45, 2.75) is 45.4 Å². The number of hydrogen-bond donors (Lipinski definition) is 1. The second kappa shape index (κ2) is 6.65. The van der Waals surface area contributed by atoms with Crippen LogP contribution in [-0.2, 0) is 18.5 Å². The van der Waals surface area contributed by atoms with E-state index in [1.54, 1.807) is 14.2 Å². The number of aliphatic hydroxyl groups is 1. The number of fused-ring (bicyclic) bond motifs is 1. The smallest absolute Gasteiger partial charge is 0.230 e. The van der Waals surface area contributed by atoms with Gasteiger partial charge in [0.15, 0.2) is 0 Å². The Hall–Kier alpha value is -2.12. The van der Waals surface area contributed by atoms with Crippen LogP contribution in [0.1, 0.15) is 49.8 Å². The van der Waals surface area contributed by atoms with E-state index in [4.69, 9.17) is 13.9 Å². The molecule has 0 aliphatic carbocycles. The van der Waals surface area contributed by atoms with Crippen LogP contribution in [0, 0.1) is 0 Å². The molecule has 2 aromatic rings. The Bertz CT molecular complexity index is 751. The molecule has 7 heteroatoms. The molecule has 0 fully saturated rings. The van der Waals surface area contributed by atoms with Gasteiger partial charge in [-0.15, -0.1) is 10.2 Å². The van der Waals surface area contributed by atoms with E-state index in [-0.39, 0.29) is 5.41 Å². The van der Waals surface area contributed by atoms with E-state index >= 15 is 0 Å². The molecule has 1 aliphatic rings. The summed E-state index contributed by atoms with van der Waals surface area (Å²) in [6.07, 6.45) is -0.668. The normalized spacial score (nSPS) is 18.1. The second-order valence-corrected chi connectivity index (χ2v) is 7.30. The first-order valence-corrected chi connectivity index (χ1v) is 8.30. The van der Waals surface area contributed by atoms with Crippen LogP contribution in [0.5, 0.6) is 11.5 Å². The minimum Gasteiger partial charge on any atom is -0.496 e. The predicted octanol–water partition coefficient (Wildman–Crippen LogP) is 2.43. The Balaban J connectivity index is 1.85. The Morgan fingerprint density at radius 2 is 1.88 bits per heavy atom. The maximum Gasteiger partial charge on any atom is 0.230 e. The summed E-state index contributed by atoms with van der Waals surface area (Å²) in [7, 11) is 3.23. The molecule has 0 saturated carbocycles. The average molecular weight is 347 g/mol. The number of hydrogen-bond acceptors (Lipinski definition) is 7. The SMILES string of the molecule is COc1ccc(OC)c2c1CN(Cc1nnc(C(C)(C)C)o1)C[C@@H]2O. The van der Waals surface area contributed by atoms with Crippen LogP contribution < -0.4 is 9.47 Å². The summed E-state index contributed by atoms with van der Waals surface area (Å²) in [5.74, 6) is 2.57. The van der Waals surface area contributed by atoms with Crippen LogP contribution >= 0.6 is 0 Å². The van der Waals surface area contributed by atoms with Gasteiger partial charge in [0, 0.05) is 29.6 Å². The number of rotatable bonds is 4. The van der Waals surface area contributed by atoms with Gasteiger partial charge in [-0.2, -0.15) is 0 Å². The average Bonchev–Trinajstić information content (AvgIpc) is 3.02. The van der Waals surface area contributed by atoms with E-state index in [1.165, 1.54) is 0 Å². The van der Waals surface area contributed by atoms with Crippen molar-refractivity contribution in [1.82, 2.24) is 15.1 Å². The monoisotopic (exact) mass is 347 g/mol. The van der Waals surface area contributed by atoms with Crippen molar-refractivity contribution in [3.05, 3.63) is 35.0 Å². The van der Waals surface area contributed by atoms with Crippen LogP contribution in [0.25, 0.3) is 0 Å². The zero-order valence-electron chi connectivity index (χ0n) is 15.4. The van der Waals surface area contributed by atoms with Crippen LogP contribution in [0.3, 0.4) is 0 Å². The number of aromatic nitrogens is 2. The van der Waals surface area contributed by atoms with Crippen molar-refractivity contribution >= 4 is 0 Å². The summed E-state index contributed by atoms with van der Waals surface area (Å²) < 4.78 is 16.6. The van der Waals surface area contributed by atoms with Gasteiger partial charge in [-0.25, -0.2) is 0 Å². The lowest BCUT2D eigenvalue weighted by molar-refractivity contribution is 0.0788. The highest BCUT2D eigenvalue weighted by atomic mass is 16.5. The van der Waals surface area contributed by atoms with Gasteiger partial charge >= 0.3 is 0 Å². The van der Waals surface area contributed by atoms with Crippen molar-refractivity contribution < 1.29 is 19.0 Å².